The molecule has 94 valence electrons. The molecule has 3 nitrogen and oxygen atoms in total. The molecular formula is C12H15ClFNO2. The summed E-state index contributed by atoms with van der Waals surface area (Å²) < 4.78 is 13.2. The number of carboxylic acids is 1. The maximum atomic E-state index is 13.2. The average Bonchev–Trinajstić information content (AvgIpc) is 2.28. The smallest absolute Gasteiger partial charge is 0.306 e. The summed E-state index contributed by atoms with van der Waals surface area (Å²) >= 11 is 5.56. The molecule has 0 aliphatic heterocycles. The highest BCUT2D eigenvalue weighted by atomic mass is 35.5. The minimum atomic E-state index is -0.881. The predicted octanol–water partition coefficient (Wildman–Crippen LogP) is 2.46. The van der Waals surface area contributed by atoms with Crippen LogP contribution in [0.15, 0.2) is 18.2 Å². The van der Waals surface area contributed by atoms with E-state index in [1.807, 2.05) is 0 Å². The molecule has 0 fully saturated rings. The van der Waals surface area contributed by atoms with Crippen LogP contribution in [0.4, 0.5) is 4.39 Å². The van der Waals surface area contributed by atoms with Crippen LogP contribution in [0.2, 0.25) is 5.02 Å². The van der Waals surface area contributed by atoms with E-state index < -0.39 is 17.7 Å². The van der Waals surface area contributed by atoms with Crippen LogP contribution in [0.5, 0.6) is 0 Å². The minimum Gasteiger partial charge on any atom is -0.481 e. The van der Waals surface area contributed by atoms with Crippen molar-refractivity contribution in [2.24, 2.45) is 11.7 Å². The van der Waals surface area contributed by atoms with E-state index in [1.54, 1.807) is 6.07 Å². The van der Waals surface area contributed by atoms with Gasteiger partial charge < -0.3 is 10.8 Å². The Labute approximate surface area is 104 Å². The highest BCUT2D eigenvalue weighted by molar-refractivity contribution is 6.30. The van der Waals surface area contributed by atoms with Gasteiger partial charge in [-0.3, -0.25) is 4.79 Å². The van der Waals surface area contributed by atoms with Crippen LogP contribution >= 0.6 is 11.6 Å². The number of rotatable bonds is 6. The predicted molar refractivity (Wildman–Crippen MR) is 64.5 cm³/mol. The standard InChI is InChI=1S/C12H15ClFNO2/c13-10-4-3-8(7-11(10)14)6-9(12(16)17)2-1-5-15/h3-4,7,9H,1-2,5-6,15H2,(H,16,17). The molecule has 1 aromatic rings. The summed E-state index contributed by atoms with van der Waals surface area (Å²) in [5, 5.41) is 9.07. The molecule has 17 heavy (non-hydrogen) atoms. The zero-order chi connectivity index (χ0) is 12.8. The van der Waals surface area contributed by atoms with Crippen LogP contribution in [-0.2, 0) is 11.2 Å². The molecule has 0 bridgehead atoms. The molecule has 1 rings (SSSR count). The molecular weight excluding hydrogens is 245 g/mol. The van der Waals surface area contributed by atoms with Gasteiger partial charge in [0, 0.05) is 0 Å². The van der Waals surface area contributed by atoms with Crippen molar-refractivity contribution in [3.8, 4) is 0 Å². The topological polar surface area (TPSA) is 63.3 Å². The summed E-state index contributed by atoms with van der Waals surface area (Å²) in [7, 11) is 0. The number of benzene rings is 1. The van der Waals surface area contributed by atoms with Crippen LogP contribution in [-0.4, -0.2) is 17.6 Å². The Morgan fingerprint density at radius 1 is 1.53 bits per heavy atom. The van der Waals surface area contributed by atoms with E-state index in [-0.39, 0.29) is 5.02 Å². The largest absolute Gasteiger partial charge is 0.481 e. The minimum absolute atomic E-state index is 0.0441. The fraction of sp³-hybridized carbons (Fsp3) is 0.417. The summed E-state index contributed by atoms with van der Waals surface area (Å²) in [5.41, 5.74) is 5.98. The molecule has 0 heterocycles. The maximum absolute atomic E-state index is 13.2. The molecule has 0 amide bonds. The number of halogens is 2. The van der Waals surface area contributed by atoms with Crippen LogP contribution < -0.4 is 5.73 Å². The number of hydrogen-bond acceptors (Lipinski definition) is 2. The van der Waals surface area contributed by atoms with Crippen molar-refractivity contribution in [1.82, 2.24) is 0 Å². The summed E-state index contributed by atoms with van der Waals surface area (Å²) in [6, 6.07) is 4.36. The third-order valence-corrected chi connectivity index (χ3v) is 2.88. The van der Waals surface area contributed by atoms with E-state index in [0.717, 1.165) is 0 Å². The number of hydrogen-bond donors (Lipinski definition) is 2. The zero-order valence-corrected chi connectivity index (χ0v) is 10.1. The Balaban J connectivity index is 2.71. The first-order valence-corrected chi connectivity index (χ1v) is 5.79. The second kappa shape index (κ2) is 6.57. The Morgan fingerprint density at radius 2 is 2.24 bits per heavy atom. The van der Waals surface area contributed by atoms with Gasteiger partial charge in [0.1, 0.15) is 5.82 Å². The number of carbonyl (C=O) groups is 1. The molecule has 3 N–H and O–H groups in total. The van der Waals surface area contributed by atoms with Gasteiger partial charge in [-0.1, -0.05) is 17.7 Å². The zero-order valence-electron chi connectivity index (χ0n) is 9.33. The lowest BCUT2D eigenvalue weighted by molar-refractivity contribution is -0.141. The lowest BCUT2D eigenvalue weighted by Gasteiger charge is -2.11. The first kappa shape index (κ1) is 13.9. The molecule has 0 radical (unpaired) electrons. The Hall–Kier alpha value is -1.13. The van der Waals surface area contributed by atoms with E-state index in [2.05, 4.69) is 0 Å². The molecule has 0 saturated heterocycles. The van der Waals surface area contributed by atoms with Gasteiger partial charge in [0.2, 0.25) is 0 Å². The van der Waals surface area contributed by atoms with Gasteiger partial charge in [0.25, 0.3) is 0 Å². The normalized spacial score (nSPS) is 12.4. The second-order valence-electron chi connectivity index (χ2n) is 3.92. The molecule has 0 aliphatic rings. The molecule has 0 aliphatic carbocycles. The highest BCUT2D eigenvalue weighted by Gasteiger charge is 2.17. The van der Waals surface area contributed by atoms with E-state index in [0.29, 0.717) is 31.4 Å². The lowest BCUT2D eigenvalue weighted by atomic mass is 9.95. The number of nitrogens with two attached hydrogens (primary N) is 1. The fourth-order valence-corrected chi connectivity index (χ4v) is 1.75. The van der Waals surface area contributed by atoms with Gasteiger partial charge in [-0.25, -0.2) is 4.39 Å². The van der Waals surface area contributed by atoms with Gasteiger partial charge in [-0.05, 0) is 43.5 Å². The second-order valence-corrected chi connectivity index (χ2v) is 4.33. The van der Waals surface area contributed by atoms with Crippen molar-refractivity contribution in [1.29, 1.82) is 0 Å². The summed E-state index contributed by atoms with van der Waals surface area (Å²) in [4.78, 5) is 11.0. The molecule has 0 spiro atoms. The van der Waals surface area contributed by atoms with Crippen LogP contribution in [0.3, 0.4) is 0 Å². The van der Waals surface area contributed by atoms with Gasteiger partial charge in [-0.15, -0.1) is 0 Å². The van der Waals surface area contributed by atoms with Gasteiger partial charge >= 0.3 is 5.97 Å². The lowest BCUT2D eigenvalue weighted by Crippen LogP contribution is -2.18. The van der Waals surface area contributed by atoms with Crippen molar-refractivity contribution in [2.45, 2.75) is 19.3 Å². The molecule has 0 saturated carbocycles. The van der Waals surface area contributed by atoms with E-state index in [9.17, 15) is 9.18 Å². The van der Waals surface area contributed by atoms with Gasteiger partial charge in [0.05, 0.1) is 10.9 Å². The third-order valence-electron chi connectivity index (χ3n) is 2.57. The summed E-state index contributed by atoms with van der Waals surface area (Å²) in [5.74, 6) is -1.93. The Bertz CT molecular complexity index is 398. The van der Waals surface area contributed by atoms with Crippen molar-refractivity contribution in [3.63, 3.8) is 0 Å². The fourth-order valence-electron chi connectivity index (χ4n) is 1.63. The molecule has 0 aromatic heterocycles. The Kier molecular flexibility index (Phi) is 5.38. The first-order chi connectivity index (χ1) is 8.04. The maximum Gasteiger partial charge on any atom is 0.306 e. The average molecular weight is 260 g/mol. The van der Waals surface area contributed by atoms with E-state index >= 15 is 0 Å². The first-order valence-electron chi connectivity index (χ1n) is 5.41. The van der Waals surface area contributed by atoms with Crippen molar-refractivity contribution in [2.75, 3.05) is 6.54 Å². The molecule has 1 aromatic carbocycles. The number of carboxylic acid groups (broad SMARTS) is 1. The van der Waals surface area contributed by atoms with Crippen LogP contribution in [0.1, 0.15) is 18.4 Å². The monoisotopic (exact) mass is 259 g/mol. The molecule has 1 atom stereocenters. The van der Waals surface area contributed by atoms with E-state index in [4.69, 9.17) is 22.4 Å². The molecule has 1 unspecified atom stereocenters. The quantitative estimate of drug-likeness (QED) is 0.825. The summed E-state index contributed by atoms with van der Waals surface area (Å²) in [6.07, 6.45) is 1.44. The van der Waals surface area contributed by atoms with Crippen molar-refractivity contribution in [3.05, 3.63) is 34.6 Å². The van der Waals surface area contributed by atoms with Crippen molar-refractivity contribution >= 4 is 17.6 Å². The summed E-state index contributed by atoms with van der Waals surface area (Å²) in [6.45, 7) is 0.457. The SMILES string of the molecule is NCCCC(Cc1ccc(Cl)c(F)c1)C(=O)O. The van der Waals surface area contributed by atoms with Crippen LogP contribution in [0.25, 0.3) is 0 Å². The van der Waals surface area contributed by atoms with Crippen molar-refractivity contribution < 1.29 is 14.3 Å². The number of aliphatic carboxylic acids is 1. The van der Waals surface area contributed by atoms with Gasteiger partial charge in [-0.2, -0.15) is 0 Å². The molecule has 5 heteroatoms. The van der Waals surface area contributed by atoms with E-state index in [1.165, 1.54) is 12.1 Å². The van der Waals surface area contributed by atoms with Crippen LogP contribution in [0, 0.1) is 11.7 Å². The third kappa shape index (κ3) is 4.32. The highest BCUT2D eigenvalue weighted by Crippen LogP contribution is 2.19. The Morgan fingerprint density at radius 3 is 2.76 bits per heavy atom. The van der Waals surface area contributed by atoms with Gasteiger partial charge in [0.15, 0.2) is 0 Å².